The molecule has 11 nitrogen and oxygen atoms in total. The number of pyridine rings is 2. The first kappa shape index (κ1) is 40.2. The first-order valence-electron chi connectivity index (χ1n) is 13.4. The minimum absolute atomic E-state index is 0.0664. The van der Waals surface area contributed by atoms with Crippen LogP contribution in [0.4, 0.5) is 45.2 Å². The van der Waals surface area contributed by atoms with E-state index in [1.165, 1.54) is 11.3 Å². The van der Waals surface area contributed by atoms with E-state index in [4.69, 9.17) is 34.7 Å². The first-order valence-corrected chi connectivity index (χ1v) is 14.3. The van der Waals surface area contributed by atoms with Crippen LogP contribution in [0.15, 0.2) is 59.7 Å². The van der Waals surface area contributed by atoms with Crippen LogP contribution in [-0.2, 0) is 37.6 Å². The number of alkyl halides is 9. The summed E-state index contributed by atoms with van der Waals surface area (Å²) in [6.07, 6.45) is -8.18. The topological polar surface area (TPSA) is 161 Å². The Morgan fingerprint density at radius 1 is 0.796 bits per heavy atom. The highest BCUT2D eigenvalue weighted by molar-refractivity contribution is 7.08. The zero-order chi connectivity index (χ0) is 37.2. The molecule has 49 heavy (non-hydrogen) atoms. The van der Waals surface area contributed by atoms with Crippen LogP contribution in [0.2, 0.25) is 0 Å². The van der Waals surface area contributed by atoms with E-state index in [-0.39, 0.29) is 11.3 Å². The van der Waals surface area contributed by atoms with Crippen LogP contribution >= 0.6 is 11.3 Å². The third-order valence-electron chi connectivity index (χ3n) is 6.59. The lowest BCUT2D eigenvalue weighted by Crippen LogP contribution is -2.38. The van der Waals surface area contributed by atoms with Crippen molar-refractivity contribution in [1.82, 2.24) is 14.9 Å². The quantitative estimate of drug-likeness (QED) is 0.306. The SMILES string of the molecule is O=C(Cc1ccsc1)N1CCC2(C1)CN(Cc1cccnc1)c1cccnc12.O=C(O)C(F)(F)F.O=C(O)C(F)(F)F.O=C(O)C(F)(F)F. The van der Waals surface area contributed by atoms with E-state index in [9.17, 15) is 44.3 Å². The number of nitrogens with zero attached hydrogens (tertiary/aromatic N) is 4. The molecule has 0 bridgehead atoms. The summed E-state index contributed by atoms with van der Waals surface area (Å²) < 4.78 is 95.2. The summed E-state index contributed by atoms with van der Waals surface area (Å²) in [5, 5.41) is 25.5. The molecule has 0 saturated carbocycles. The molecule has 1 fully saturated rings. The zero-order valence-electron chi connectivity index (χ0n) is 24.6. The van der Waals surface area contributed by atoms with Crippen molar-refractivity contribution in [3.05, 3.63) is 76.5 Å². The monoisotopic (exact) mass is 732 g/mol. The average molecular weight is 733 g/mol. The number of carboxylic acid groups (broad SMARTS) is 3. The predicted molar refractivity (Wildman–Crippen MR) is 151 cm³/mol. The number of anilines is 1. The summed E-state index contributed by atoms with van der Waals surface area (Å²) in [6.45, 7) is 3.27. The normalized spacial score (nSPS) is 16.7. The number of aliphatic carboxylic acids is 3. The van der Waals surface area contributed by atoms with Gasteiger partial charge in [-0.3, -0.25) is 14.8 Å². The van der Waals surface area contributed by atoms with Gasteiger partial charge in [0.15, 0.2) is 0 Å². The van der Waals surface area contributed by atoms with Crippen molar-refractivity contribution in [2.75, 3.05) is 24.5 Å². The fourth-order valence-corrected chi connectivity index (χ4v) is 5.20. The first-order chi connectivity index (χ1) is 22.6. The second kappa shape index (κ2) is 16.4. The van der Waals surface area contributed by atoms with Crippen molar-refractivity contribution in [1.29, 1.82) is 0 Å². The van der Waals surface area contributed by atoms with Gasteiger partial charge in [-0.1, -0.05) is 6.07 Å². The number of halogens is 9. The van der Waals surface area contributed by atoms with Crippen molar-refractivity contribution < 1.29 is 74.0 Å². The highest BCUT2D eigenvalue weighted by atomic mass is 32.1. The summed E-state index contributed by atoms with van der Waals surface area (Å²) in [7, 11) is 0. The number of hydrogen-bond donors (Lipinski definition) is 3. The van der Waals surface area contributed by atoms with Crippen molar-refractivity contribution in [3.8, 4) is 0 Å². The third-order valence-corrected chi connectivity index (χ3v) is 7.32. The van der Waals surface area contributed by atoms with Gasteiger partial charge in [0.2, 0.25) is 5.91 Å². The minimum atomic E-state index is -5.08. The lowest BCUT2D eigenvalue weighted by Gasteiger charge is -2.26. The third kappa shape index (κ3) is 12.2. The summed E-state index contributed by atoms with van der Waals surface area (Å²) in [5.41, 5.74) is 4.57. The van der Waals surface area contributed by atoms with Gasteiger partial charge in [0.1, 0.15) is 0 Å². The van der Waals surface area contributed by atoms with E-state index in [0.717, 1.165) is 43.9 Å². The number of hydrogen-bond acceptors (Lipinski definition) is 8. The number of carbonyl (C=O) groups is 4. The summed E-state index contributed by atoms with van der Waals surface area (Å²) in [6, 6.07) is 10.3. The van der Waals surface area contributed by atoms with E-state index < -0.39 is 36.4 Å². The van der Waals surface area contributed by atoms with E-state index in [2.05, 4.69) is 27.4 Å². The fourth-order valence-electron chi connectivity index (χ4n) is 4.53. The van der Waals surface area contributed by atoms with Crippen LogP contribution in [-0.4, -0.2) is 92.2 Å². The molecule has 1 unspecified atom stereocenters. The average Bonchev–Trinajstić information content (AvgIpc) is 3.74. The Morgan fingerprint density at radius 3 is 1.82 bits per heavy atom. The molecule has 2 aliphatic heterocycles. The van der Waals surface area contributed by atoms with Crippen LogP contribution in [0, 0.1) is 0 Å². The molecule has 1 saturated heterocycles. The standard InChI is InChI=1S/C22H22N4OS.3C2HF3O2/c27-20(11-17-5-10-28-14-17)25-9-6-22(15-25)16-26(13-18-3-1-7-23-12-18)19-4-2-8-24-21(19)22;3*3-2(4,5)1(6)7/h1-5,7-8,10,12,14H,6,9,11,13,15-16H2;3*(H,6,7). The van der Waals surface area contributed by atoms with Gasteiger partial charge < -0.3 is 25.1 Å². The molecule has 268 valence electrons. The Morgan fingerprint density at radius 2 is 1.35 bits per heavy atom. The van der Waals surface area contributed by atoms with Crippen molar-refractivity contribution in [2.24, 2.45) is 0 Å². The number of carboxylic acids is 3. The smallest absolute Gasteiger partial charge is 0.475 e. The molecule has 5 rings (SSSR count). The molecule has 5 heterocycles. The molecule has 0 aliphatic carbocycles. The van der Waals surface area contributed by atoms with E-state index in [0.29, 0.717) is 6.42 Å². The minimum Gasteiger partial charge on any atom is -0.475 e. The number of fused-ring (bicyclic) bond motifs is 2. The highest BCUT2D eigenvalue weighted by Crippen LogP contribution is 2.45. The van der Waals surface area contributed by atoms with Gasteiger partial charge in [-0.25, -0.2) is 14.4 Å². The number of thiophene rings is 1. The van der Waals surface area contributed by atoms with Gasteiger partial charge in [0.05, 0.1) is 23.2 Å². The number of carbonyl (C=O) groups excluding carboxylic acids is 1. The van der Waals surface area contributed by atoms with Gasteiger partial charge in [0.25, 0.3) is 0 Å². The summed E-state index contributed by atoms with van der Waals surface area (Å²) in [5.74, 6) is -8.05. The van der Waals surface area contributed by atoms with Crippen molar-refractivity contribution >= 4 is 40.8 Å². The Labute approximate surface area is 274 Å². The molecule has 3 N–H and O–H groups in total. The highest BCUT2D eigenvalue weighted by Gasteiger charge is 2.49. The van der Waals surface area contributed by atoms with Crippen molar-refractivity contribution in [3.63, 3.8) is 0 Å². The summed E-state index contributed by atoms with van der Waals surface area (Å²) >= 11 is 1.64. The van der Waals surface area contributed by atoms with E-state index in [1.54, 1.807) is 17.5 Å². The molecule has 0 aromatic carbocycles. The molecule has 3 aromatic rings. The Balaban J connectivity index is 0.000000325. The maximum absolute atomic E-state index is 12.8. The lowest BCUT2D eigenvalue weighted by atomic mass is 9.85. The molecular formula is C28H25F9N4O7S. The molecule has 1 spiro atoms. The van der Waals surface area contributed by atoms with Gasteiger partial charge >= 0.3 is 36.4 Å². The van der Waals surface area contributed by atoms with Crippen LogP contribution in [0.1, 0.15) is 23.2 Å². The predicted octanol–water partition coefficient (Wildman–Crippen LogP) is 5.17. The van der Waals surface area contributed by atoms with Crippen LogP contribution < -0.4 is 4.90 Å². The molecule has 3 aromatic heterocycles. The maximum Gasteiger partial charge on any atom is 0.490 e. The number of amides is 1. The van der Waals surface area contributed by atoms with Gasteiger partial charge in [-0.15, -0.1) is 0 Å². The van der Waals surface area contributed by atoms with E-state index in [1.807, 2.05) is 40.9 Å². The Kier molecular flexibility index (Phi) is 13.5. The van der Waals surface area contributed by atoms with Crippen LogP contribution in [0.25, 0.3) is 0 Å². The Bertz CT molecular complexity index is 1510. The van der Waals surface area contributed by atoms with E-state index >= 15 is 0 Å². The summed E-state index contributed by atoms with van der Waals surface area (Å²) in [4.78, 5) is 52.9. The van der Waals surface area contributed by atoms with Gasteiger partial charge in [0, 0.05) is 44.8 Å². The zero-order valence-corrected chi connectivity index (χ0v) is 25.4. The fraction of sp³-hybridized carbons (Fsp3) is 0.357. The number of rotatable bonds is 4. The molecule has 21 heteroatoms. The second-order valence-electron chi connectivity index (χ2n) is 10.2. The molecular weight excluding hydrogens is 707 g/mol. The van der Waals surface area contributed by atoms with Crippen molar-refractivity contribution in [2.45, 2.75) is 43.3 Å². The molecule has 2 aliphatic rings. The Hall–Kier alpha value is -4.95. The molecule has 1 amide bonds. The largest absolute Gasteiger partial charge is 0.490 e. The van der Waals surface area contributed by atoms with Crippen LogP contribution in [0.5, 0.6) is 0 Å². The lowest BCUT2D eigenvalue weighted by molar-refractivity contribution is -0.193. The number of aromatic nitrogens is 2. The van der Waals surface area contributed by atoms with Crippen LogP contribution in [0.3, 0.4) is 0 Å². The molecule has 0 radical (unpaired) electrons. The maximum atomic E-state index is 12.8. The second-order valence-corrected chi connectivity index (χ2v) is 10.9. The van der Waals surface area contributed by atoms with Gasteiger partial charge in [-0.2, -0.15) is 50.9 Å². The molecule has 1 atom stereocenters. The number of likely N-dealkylation sites (tertiary alicyclic amines) is 1. The van der Waals surface area contributed by atoms with Gasteiger partial charge in [-0.05, 0) is 52.6 Å².